The minimum absolute atomic E-state index is 0.0762. The number of carbonyl (C=O) groups is 2. The number of rotatable bonds is 23. The van der Waals surface area contributed by atoms with Gasteiger partial charge in [-0.15, -0.1) is 0 Å². The monoisotopic (exact) mass is 448 g/mol. The molecule has 32 heavy (non-hydrogen) atoms. The molecule has 0 radical (unpaired) electrons. The van der Waals surface area contributed by atoms with Crippen LogP contribution >= 0.6 is 0 Å². The van der Waals surface area contributed by atoms with Gasteiger partial charge in [-0.05, 0) is 38.5 Å². The second kappa shape index (κ2) is 25.7. The quantitative estimate of drug-likeness (QED) is 0.126. The molecule has 0 aliphatic heterocycles. The van der Waals surface area contributed by atoms with Gasteiger partial charge in [-0.25, -0.2) is 0 Å². The molecule has 0 bridgehead atoms. The van der Waals surface area contributed by atoms with Crippen LogP contribution in [0.3, 0.4) is 0 Å². The van der Waals surface area contributed by atoms with Crippen LogP contribution < -0.4 is 10.6 Å². The van der Waals surface area contributed by atoms with E-state index in [1.54, 1.807) is 0 Å². The molecule has 4 nitrogen and oxygen atoms in total. The van der Waals surface area contributed by atoms with E-state index < -0.39 is 0 Å². The van der Waals surface area contributed by atoms with E-state index in [1.165, 1.54) is 77.0 Å². The molecule has 186 valence electrons. The lowest BCUT2D eigenvalue weighted by atomic mass is 10.1. The second-order valence-corrected chi connectivity index (χ2v) is 8.87. The van der Waals surface area contributed by atoms with E-state index in [2.05, 4.69) is 48.8 Å². The number of carbonyl (C=O) groups excluding carboxylic acids is 2. The Morgan fingerprint density at radius 1 is 0.500 bits per heavy atom. The number of hydrogen-bond acceptors (Lipinski definition) is 2. The molecule has 2 amide bonds. The highest BCUT2D eigenvalue weighted by atomic mass is 16.2. The van der Waals surface area contributed by atoms with E-state index in [4.69, 9.17) is 0 Å². The Bertz CT molecular complexity index is 442. The van der Waals surface area contributed by atoms with Crippen molar-refractivity contribution >= 4 is 11.8 Å². The lowest BCUT2D eigenvalue weighted by molar-refractivity contribution is -0.122. The number of hydrogen-bond donors (Lipinski definition) is 2. The lowest BCUT2D eigenvalue weighted by Gasteiger charge is -2.04. The first-order valence-electron chi connectivity index (χ1n) is 13.5. The molecule has 4 heteroatoms. The van der Waals surface area contributed by atoms with Crippen molar-refractivity contribution in [2.45, 2.75) is 129 Å². The van der Waals surface area contributed by atoms with Crippen LogP contribution in [0, 0.1) is 0 Å². The maximum atomic E-state index is 11.8. The van der Waals surface area contributed by atoms with Gasteiger partial charge in [0.05, 0.1) is 0 Å². The van der Waals surface area contributed by atoms with E-state index in [0.29, 0.717) is 25.9 Å². The van der Waals surface area contributed by atoms with Crippen molar-refractivity contribution < 1.29 is 9.59 Å². The maximum Gasteiger partial charge on any atom is 0.220 e. The molecule has 0 saturated heterocycles. The molecule has 0 spiro atoms. The third-order valence-electron chi connectivity index (χ3n) is 5.67. The molecule has 0 unspecified atom stereocenters. The van der Waals surface area contributed by atoms with Gasteiger partial charge >= 0.3 is 0 Å². The van der Waals surface area contributed by atoms with Gasteiger partial charge in [0.15, 0.2) is 0 Å². The molecule has 0 fully saturated rings. The number of unbranched alkanes of at least 4 members (excludes halogenated alkanes) is 13. The fourth-order valence-electron chi connectivity index (χ4n) is 3.58. The smallest absolute Gasteiger partial charge is 0.220 e. The van der Waals surface area contributed by atoms with Gasteiger partial charge in [-0.3, -0.25) is 9.59 Å². The molecule has 0 aromatic heterocycles. The first-order chi connectivity index (χ1) is 15.7. The highest BCUT2D eigenvalue weighted by Crippen LogP contribution is 2.08. The van der Waals surface area contributed by atoms with Gasteiger partial charge in [0.25, 0.3) is 0 Å². The first-order valence-corrected chi connectivity index (χ1v) is 13.5. The molecule has 0 heterocycles. The minimum atomic E-state index is 0.0762. The molecule has 2 N–H and O–H groups in total. The summed E-state index contributed by atoms with van der Waals surface area (Å²) in [4.78, 5) is 23.7. The van der Waals surface area contributed by atoms with Crippen molar-refractivity contribution in [2.75, 3.05) is 13.1 Å². The van der Waals surface area contributed by atoms with Crippen LogP contribution in [0.2, 0.25) is 0 Å². The summed E-state index contributed by atoms with van der Waals surface area (Å²) < 4.78 is 0. The average Bonchev–Trinajstić information content (AvgIpc) is 2.79. The van der Waals surface area contributed by atoms with Crippen LogP contribution in [-0.4, -0.2) is 24.9 Å². The van der Waals surface area contributed by atoms with Gasteiger partial charge in [0.1, 0.15) is 0 Å². The van der Waals surface area contributed by atoms with E-state index in [0.717, 1.165) is 25.7 Å². The van der Waals surface area contributed by atoms with Crippen molar-refractivity contribution in [3.05, 3.63) is 24.3 Å². The number of allylic oxidation sites excluding steroid dienone is 2. The van der Waals surface area contributed by atoms with Crippen LogP contribution in [-0.2, 0) is 9.59 Å². The number of amides is 2. The van der Waals surface area contributed by atoms with Crippen molar-refractivity contribution in [1.29, 1.82) is 0 Å². The molecule has 0 aliphatic carbocycles. The Morgan fingerprint density at radius 2 is 0.875 bits per heavy atom. The average molecular weight is 449 g/mol. The van der Waals surface area contributed by atoms with E-state index in [-0.39, 0.29) is 11.8 Å². The summed E-state index contributed by atoms with van der Waals surface area (Å²) in [6.45, 7) is 5.71. The molecular formula is C28H52N2O2. The topological polar surface area (TPSA) is 58.2 Å². The minimum Gasteiger partial charge on any atom is -0.353 e. The Kier molecular flexibility index (Phi) is 24.4. The van der Waals surface area contributed by atoms with Crippen LogP contribution in [0.15, 0.2) is 24.3 Å². The van der Waals surface area contributed by atoms with Gasteiger partial charge in [0.2, 0.25) is 11.8 Å². The molecule has 0 aromatic rings. The van der Waals surface area contributed by atoms with E-state index in [1.807, 2.05) is 0 Å². The standard InChI is InChI=1S/C28H52N2O2/c1-3-5-7-9-11-13-15-17-21-25-29-27(31)23-19-20-24-28(32)30-26-22-18-16-14-12-10-8-6-4-2/h17-18,21-22H,3-16,19-20,23-26H2,1-2H3,(H,29,31)(H,30,32)/b21-17+,22-18+. The third-order valence-corrected chi connectivity index (χ3v) is 5.67. The lowest BCUT2D eigenvalue weighted by Crippen LogP contribution is -2.24. The summed E-state index contributed by atoms with van der Waals surface area (Å²) in [6.07, 6.45) is 28.9. The van der Waals surface area contributed by atoms with Gasteiger partial charge in [-0.2, -0.15) is 0 Å². The predicted molar refractivity (Wildman–Crippen MR) is 139 cm³/mol. The van der Waals surface area contributed by atoms with Crippen molar-refractivity contribution in [2.24, 2.45) is 0 Å². The second-order valence-electron chi connectivity index (χ2n) is 8.87. The van der Waals surface area contributed by atoms with Crippen molar-refractivity contribution in [1.82, 2.24) is 10.6 Å². The molecule has 0 saturated carbocycles. The molecule has 0 aromatic carbocycles. The highest BCUT2D eigenvalue weighted by molar-refractivity contribution is 5.77. The SMILES string of the molecule is CCCCCCCC/C=C/CNC(=O)CCCCC(=O)NC/C=C/CCCCCCCC. The van der Waals surface area contributed by atoms with Gasteiger partial charge in [-0.1, -0.05) is 102 Å². The largest absolute Gasteiger partial charge is 0.353 e. The Labute approximate surface area is 199 Å². The van der Waals surface area contributed by atoms with Crippen LogP contribution in [0.4, 0.5) is 0 Å². The summed E-state index contributed by atoms with van der Waals surface area (Å²) in [5.41, 5.74) is 0. The third kappa shape index (κ3) is 24.7. The van der Waals surface area contributed by atoms with E-state index >= 15 is 0 Å². The van der Waals surface area contributed by atoms with Crippen LogP contribution in [0.1, 0.15) is 129 Å². The molecule has 0 atom stereocenters. The fraction of sp³-hybridized carbons (Fsp3) is 0.786. The Morgan fingerprint density at radius 3 is 1.28 bits per heavy atom. The van der Waals surface area contributed by atoms with Crippen LogP contribution in [0.25, 0.3) is 0 Å². The predicted octanol–water partition coefficient (Wildman–Crippen LogP) is 7.39. The molecule has 0 aliphatic rings. The zero-order valence-corrected chi connectivity index (χ0v) is 21.3. The summed E-state index contributed by atoms with van der Waals surface area (Å²) in [7, 11) is 0. The van der Waals surface area contributed by atoms with E-state index in [9.17, 15) is 9.59 Å². The number of nitrogens with one attached hydrogen (secondary N) is 2. The zero-order chi connectivity index (χ0) is 23.5. The van der Waals surface area contributed by atoms with Gasteiger partial charge < -0.3 is 10.6 Å². The highest BCUT2D eigenvalue weighted by Gasteiger charge is 2.02. The summed E-state index contributed by atoms with van der Waals surface area (Å²) >= 11 is 0. The normalized spacial score (nSPS) is 11.4. The fourth-order valence-corrected chi connectivity index (χ4v) is 3.58. The van der Waals surface area contributed by atoms with Crippen molar-refractivity contribution in [3.63, 3.8) is 0 Å². The maximum absolute atomic E-state index is 11.8. The summed E-state index contributed by atoms with van der Waals surface area (Å²) in [5.74, 6) is 0.152. The molecular weight excluding hydrogens is 396 g/mol. The summed E-state index contributed by atoms with van der Waals surface area (Å²) in [5, 5.41) is 5.85. The zero-order valence-electron chi connectivity index (χ0n) is 21.3. The summed E-state index contributed by atoms with van der Waals surface area (Å²) in [6, 6.07) is 0. The molecule has 0 rings (SSSR count). The Balaban J connectivity index is 3.43. The van der Waals surface area contributed by atoms with Gasteiger partial charge in [0, 0.05) is 25.9 Å². The van der Waals surface area contributed by atoms with Crippen LogP contribution in [0.5, 0.6) is 0 Å². The Hall–Kier alpha value is -1.58. The first kappa shape index (κ1) is 30.4. The van der Waals surface area contributed by atoms with Crippen molar-refractivity contribution in [3.8, 4) is 0 Å².